The Bertz CT molecular complexity index is 247. The summed E-state index contributed by atoms with van der Waals surface area (Å²) in [7, 11) is 0. The molecule has 0 aromatic carbocycles. The molecule has 0 unspecified atom stereocenters. The molecular formula is C10H15NO2. The molecule has 1 N–H and O–H groups in total. The second kappa shape index (κ2) is 3.29. The normalized spacial score (nSPS) is 26.0. The van der Waals surface area contributed by atoms with Gasteiger partial charge in [-0.15, -0.1) is 12.3 Å². The highest BCUT2D eigenvalue weighted by Gasteiger charge is 2.37. The molecule has 13 heavy (non-hydrogen) atoms. The van der Waals surface area contributed by atoms with Gasteiger partial charge in [-0.3, -0.25) is 0 Å². The fourth-order valence-electron chi connectivity index (χ4n) is 0.998. The lowest BCUT2D eigenvalue weighted by Crippen LogP contribution is -2.34. The number of hydrogen-bond acceptors (Lipinski definition) is 2. The largest absolute Gasteiger partial charge is 0.444 e. The third-order valence-corrected chi connectivity index (χ3v) is 1.71. The van der Waals surface area contributed by atoms with Gasteiger partial charge in [-0.1, -0.05) is 0 Å². The summed E-state index contributed by atoms with van der Waals surface area (Å²) in [6.07, 6.45) is 5.68. The zero-order valence-electron chi connectivity index (χ0n) is 8.26. The molecule has 1 saturated carbocycles. The second-order valence-corrected chi connectivity index (χ2v) is 4.26. The fraction of sp³-hybridized carbons (Fsp3) is 0.700. The van der Waals surface area contributed by atoms with E-state index in [1.54, 1.807) is 0 Å². The van der Waals surface area contributed by atoms with Gasteiger partial charge < -0.3 is 10.1 Å². The maximum absolute atomic E-state index is 11.2. The van der Waals surface area contributed by atoms with Crippen molar-refractivity contribution in [2.45, 2.75) is 38.8 Å². The van der Waals surface area contributed by atoms with Crippen molar-refractivity contribution in [3.05, 3.63) is 0 Å². The van der Waals surface area contributed by atoms with Crippen LogP contribution in [0.4, 0.5) is 4.79 Å². The first kappa shape index (κ1) is 9.91. The van der Waals surface area contributed by atoms with Gasteiger partial charge in [0.05, 0.1) is 0 Å². The summed E-state index contributed by atoms with van der Waals surface area (Å²) in [5, 5.41) is 2.71. The van der Waals surface area contributed by atoms with E-state index in [2.05, 4.69) is 11.2 Å². The van der Waals surface area contributed by atoms with E-state index in [0.29, 0.717) is 0 Å². The summed E-state index contributed by atoms with van der Waals surface area (Å²) >= 11 is 0. The molecule has 1 amide bonds. The molecule has 1 aliphatic carbocycles. The second-order valence-electron chi connectivity index (χ2n) is 4.26. The molecule has 0 bridgehead atoms. The summed E-state index contributed by atoms with van der Waals surface area (Å²) in [6, 6.07) is 0.125. The first-order valence-corrected chi connectivity index (χ1v) is 4.38. The first-order chi connectivity index (χ1) is 5.92. The van der Waals surface area contributed by atoms with Gasteiger partial charge in [-0.05, 0) is 27.2 Å². The van der Waals surface area contributed by atoms with Crippen molar-refractivity contribution >= 4 is 6.09 Å². The van der Waals surface area contributed by atoms with Crippen LogP contribution in [0.25, 0.3) is 0 Å². The Kier molecular flexibility index (Phi) is 2.51. The Hall–Kier alpha value is -1.17. The predicted octanol–water partition coefficient (Wildman–Crippen LogP) is 1.53. The Labute approximate surface area is 78.8 Å². The highest BCUT2D eigenvalue weighted by Crippen LogP contribution is 2.29. The van der Waals surface area contributed by atoms with E-state index >= 15 is 0 Å². The monoisotopic (exact) mass is 181 g/mol. The van der Waals surface area contributed by atoms with E-state index in [1.807, 2.05) is 20.8 Å². The molecule has 1 aliphatic rings. The predicted molar refractivity (Wildman–Crippen MR) is 50.1 cm³/mol. The SMILES string of the molecule is C#C[C@H]1C[C@H]1NC(=O)OC(C)(C)C. The number of rotatable bonds is 1. The minimum atomic E-state index is -0.440. The molecule has 1 rings (SSSR count). The Morgan fingerprint density at radius 3 is 2.62 bits per heavy atom. The number of nitrogens with one attached hydrogen (secondary N) is 1. The molecule has 0 spiro atoms. The number of amides is 1. The van der Waals surface area contributed by atoms with E-state index in [4.69, 9.17) is 11.2 Å². The quantitative estimate of drug-likeness (QED) is 0.623. The van der Waals surface area contributed by atoms with Crippen LogP contribution in [0.2, 0.25) is 0 Å². The van der Waals surface area contributed by atoms with Crippen molar-refractivity contribution in [1.82, 2.24) is 5.32 Å². The van der Waals surface area contributed by atoms with Crippen LogP contribution in [0.5, 0.6) is 0 Å². The van der Waals surface area contributed by atoms with Crippen LogP contribution in [0.3, 0.4) is 0 Å². The van der Waals surface area contributed by atoms with Gasteiger partial charge in [-0.25, -0.2) is 4.79 Å². The van der Waals surface area contributed by atoms with Crippen LogP contribution >= 0.6 is 0 Å². The fourth-order valence-corrected chi connectivity index (χ4v) is 0.998. The highest BCUT2D eigenvalue weighted by molar-refractivity contribution is 5.68. The van der Waals surface area contributed by atoms with E-state index in [0.717, 1.165) is 6.42 Å². The van der Waals surface area contributed by atoms with Crippen LogP contribution < -0.4 is 5.32 Å². The average molecular weight is 181 g/mol. The molecule has 3 heteroatoms. The summed E-state index contributed by atoms with van der Waals surface area (Å²) in [5.41, 5.74) is -0.440. The molecule has 2 atom stereocenters. The number of carbonyl (C=O) groups is 1. The van der Waals surface area contributed by atoms with Crippen LogP contribution in [0, 0.1) is 18.3 Å². The van der Waals surface area contributed by atoms with Gasteiger partial charge in [-0.2, -0.15) is 0 Å². The molecule has 3 nitrogen and oxygen atoms in total. The van der Waals surface area contributed by atoms with Gasteiger partial charge in [0.15, 0.2) is 0 Å². The summed E-state index contributed by atoms with van der Waals surface area (Å²) < 4.78 is 5.06. The van der Waals surface area contributed by atoms with Gasteiger partial charge in [0.2, 0.25) is 0 Å². The Balaban J connectivity index is 2.25. The Morgan fingerprint density at radius 1 is 1.62 bits per heavy atom. The van der Waals surface area contributed by atoms with Crippen molar-refractivity contribution in [2.24, 2.45) is 5.92 Å². The smallest absolute Gasteiger partial charge is 0.407 e. The van der Waals surface area contributed by atoms with Crippen molar-refractivity contribution in [3.63, 3.8) is 0 Å². The van der Waals surface area contributed by atoms with Crippen molar-refractivity contribution < 1.29 is 9.53 Å². The van der Waals surface area contributed by atoms with Crippen LogP contribution in [-0.4, -0.2) is 17.7 Å². The standard InChI is InChI=1S/C10H15NO2/c1-5-7-6-8(7)11-9(12)13-10(2,3)4/h1,7-8H,6H2,2-4H3,(H,11,12)/t7-,8+/m0/s1. The highest BCUT2D eigenvalue weighted by atomic mass is 16.6. The summed E-state index contributed by atoms with van der Waals surface area (Å²) in [4.78, 5) is 11.2. The van der Waals surface area contributed by atoms with Crippen LogP contribution in [0.1, 0.15) is 27.2 Å². The Morgan fingerprint density at radius 2 is 2.23 bits per heavy atom. The minimum Gasteiger partial charge on any atom is -0.444 e. The molecule has 72 valence electrons. The molecular weight excluding hydrogens is 166 g/mol. The molecule has 0 heterocycles. The van der Waals surface area contributed by atoms with Crippen molar-refractivity contribution in [2.75, 3.05) is 0 Å². The van der Waals surface area contributed by atoms with Gasteiger partial charge >= 0.3 is 6.09 Å². The summed E-state index contributed by atoms with van der Waals surface area (Å²) in [5.74, 6) is 2.79. The molecule has 0 saturated heterocycles. The number of ether oxygens (including phenoxy) is 1. The maximum Gasteiger partial charge on any atom is 0.407 e. The van der Waals surface area contributed by atoms with Gasteiger partial charge in [0.25, 0.3) is 0 Å². The van der Waals surface area contributed by atoms with Crippen molar-refractivity contribution in [3.8, 4) is 12.3 Å². The first-order valence-electron chi connectivity index (χ1n) is 4.38. The molecule has 1 fully saturated rings. The van der Waals surface area contributed by atoms with E-state index in [9.17, 15) is 4.79 Å². The zero-order chi connectivity index (χ0) is 10.1. The third kappa shape index (κ3) is 3.37. The number of terminal acetylenes is 1. The number of alkyl carbamates (subject to hydrolysis) is 1. The topological polar surface area (TPSA) is 38.3 Å². The third-order valence-electron chi connectivity index (χ3n) is 1.71. The number of hydrogen-bond donors (Lipinski definition) is 1. The van der Waals surface area contributed by atoms with E-state index in [1.165, 1.54) is 0 Å². The lowest BCUT2D eigenvalue weighted by Gasteiger charge is -2.19. The van der Waals surface area contributed by atoms with Crippen LogP contribution in [-0.2, 0) is 4.74 Å². The lowest BCUT2D eigenvalue weighted by atomic mass is 10.2. The maximum atomic E-state index is 11.2. The lowest BCUT2D eigenvalue weighted by molar-refractivity contribution is 0.0522. The minimum absolute atomic E-state index is 0.125. The van der Waals surface area contributed by atoms with E-state index < -0.39 is 5.60 Å². The summed E-state index contributed by atoms with van der Waals surface area (Å²) in [6.45, 7) is 5.49. The number of carbonyl (C=O) groups excluding carboxylic acids is 1. The van der Waals surface area contributed by atoms with Gasteiger partial charge in [0, 0.05) is 12.0 Å². The van der Waals surface area contributed by atoms with Gasteiger partial charge in [0.1, 0.15) is 5.60 Å². The van der Waals surface area contributed by atoms with E-state index in [-0.39, 0.29) is 18.1 Å². The molecule has 0 radical (unpaired) electrons. The van der Waals surface area contributed by atoms with Crippen LogP contribution in [0.15, 0.2) is 0 Å². The molecule has 0 aromatic heterocycles. The molecule has 0 aromatic rings. The zero-order valence-corrected chi connectivity index (χ0v) is 8.26. The van der Waals surface area contributed by atoms with Crippen molar-refractivity contribution in [1.29, 1.82) is 0 Å². The average Bonchev–Trinajstić information content (AvgIpc) is 2.62. The molecule has 0 aliphatic heterocycles.